The molecule has 1 aromatic rings. The molecule has 0 amide bonds. The van der Waals surface area contributed by atoms with Crippen LogP contribution in [0.5, 0.6) is 0 Å². The molecule has 10 heavy (non-hydrogen) atoms. The molecule has 0 aliphatic carbocycles. The first-order chi connectivity index (χ1) is 4.84. The van der Waals surface area contributed by atoms with Crippen molar-refractivity contribution < 1.29 is 0 Å². The summed E-state index contributed by atoms with van der Waals surface area (Å²) in [5, 5.41) is 0. The van der Waals surface area contributed by atoms with Gasteiger partial charge in [0.25, 0.3) is 0 Å². The summed E-state index contributed by atoms with van der Waals surface area (Å²) in [5.41, 5.74) is 11.9. The summed E-state index contributed by atoms with van der Waals surface area (Å²) in [7, 11) is 0. The summed E-state index contributed by atoms with van der Waals surface area (Å²) in [4.78, 5) is 3.98. The minimum atomic E-state index is 0.501. The Morgan fingerprint density at radius 1 is 1.50 bits per heavy atom. The van der Waals surface area contributed by atoms with Crippen LogP contribution < -0.4 is 11.5 Å². The Bertz CT molecular complexity index is 228. The minimum Gasteiger partial charge on any atom is -0.403 e. The highest BCUT2D eigenvalue weighted by molar-refractivity contribution is 5.57. The van der Waals surface area contributed by atoms with Crippen LogP contribution in [0.15, 0.2) is 30.6 Å². The van der Waals surface area contributed by atoms with Crippen LogP contribution in [0, 0.1) is 0 Å². The lowest BCUT2D eigenvalue weighted by Crippen LogP contribution is -2.00. The third-order valence-corrected chi connectivity index (χ3v) is 1.14. The fourth-order valence-electron chi connectivity index (χ4n) is 0.619. The number of pyridine rings is 1. The van der Waals surface area contributed by atoms with Gasteiger partial charge in [0.1, 0.15) is 0 Å². The Morgan fingerprint density at radius 2 is 2.30 bits per heavy atom. The zero-order valence-corrected chi connectivity index (χ0v) is 5.49. The van der Waals surface area contributed by atoms with Gasteiger partial charge in [-0.3, -0.25) is 4.98 Å². The van der Waals surface area contributed by atoms with Gasteiger partial charge in [-0.1, -0.05) is 6.07 Å². The van der Waals surface area contributed by atoms with Crippen molar-refractivity contribution in [3.05, 3.63) is 36.3 Å². The van der Waals surface area contributed by atoms with Gasteiger partial charge in [-0.15, -0.1) is 0 Å². The van der Waals surface area contributed by atoms with Crippen LogP contribution >= 0.6 is 0 Å². The number of nitrogens with zero attached hydrogens (tertiary/aromatic N) is 1. The summed E-state index contributed by atoms with van der Waals surface area (Å²) >= 11 is 0. The van der Waals surface area contributed by atoms with Crippen LogP contribution in [0.3, 0.4) is 0 Å². The van der Waals surface area contributed by atoms with E-state index in [2.05, 4.69) is 4.98 Å². The smallest absolute Gasteiger partial charge is 0.0873 e. The highest BCUT2D eigenvalue weighted by Gasteiger charge is 1.92. The molecule has 0 bridgehead atoms. The quantitative estimate of drug-likeness (QED) is 0.582. The zero-order valence-electron chi connectivity index (χ0n) is 5.49. The van der Waals surface area contributed by atoms with Gasteiger partial charge in [0.05, 0.1) is 11.4 Å². The molecule has 0 spiro atoms. The van der Waals surface area contributed by atoms with E-state index in [1.54, 1.807) is 12.3 Å². The average molecular weight is 135 g/mol. The van der Waals surface area contributed by atoms with Crippen LogP contribution in [-0.2, 0) is 0 Å². The van der Waals surface area contributed by atoms with Crippen molar-refractivity contribution in [3.63, 3.8) is 0 Å². The van der Waals surface area contributed by atoms with Crippen molar-refractivity contribution in [2.45, 2.75) is 0 Å². The van der Waals surface area contributed by atoms with Gasteiger partial charge in [0, 0.05) is 12.4 Å². The van der Waals surface area contributed by atoms with Crippen LogP contribution in [0.2, 0.25) is 0 Å². The van der Waals surface area contributed by atoms with Crippen molar-refractivity contribution in [1.82, 2.24) is 4.98 Å². The molecule has 3 nitrogen and oxygen atoms in total. The lowest BCUT2D eigenvalue weighted by Gasteiger charge is -1.95. The van der Waals surface area contributed by atoms with Crippen LogP contribution in [0.25, 0.3) is 5.70 Å². The Kier molecular flexibility index (Phi) is 1.89. The Labute approximate surface area is 59.4 Å². The van der Waals surface area contributed by atoms with E-state index < -0.39 is 0 Å². The van der Waals surface area contributed by atoms with Crippen LogP contribution in [0.4, 0.5) is 0 Å². The highest BCUT2D eigenvalue weighted by atomic mass is 14.7. The third kappa shape index (κ3) is 1.25. The molecule has 0 unspecified atom stereocenters. The van der Waals surface area contributed by atoms with E-state index in [-0.39, 0.29) is 0 Å². The predicted octanol–water partition coefficient (Wildman–Crippen LogP) is 0.297. The molecule has 4 N–H and O–H groups in total. The normalized spacial score (nSPS) is 11.4. The molecule has 1 heterocycles. The first-order valence-electron chi connectivity index (χ1n) is 2.93. The van der Waals surface area contributed by atoms with E-state index in [1.807, 2.05) is 12.1 Å². The first kappa shape index (κ1) is 6.61. The van der Waals surface area contributed by atoms with E-state index in [0.717, 1.165) is 0 Å². The lowest BCUT2D eigenvalue weighted by atomic mass is 10.3. The van der Waals surface area contributed by atoms with Gasteiger partial charge in [-0.2, -0.15) is 0 Å². The Balaban J connectivity index is 2.96. The molecule has 0 saturated heterocycles. The fraction of sp³-hybridized carbons (Fsp3) is 0. The molecular weight excluding hydrogens is 126 g/mol. The maximum atomic E-state index is 5.47. The monoisotopic (exact) mass is 135 g/mol. The molecular formula is C7H9N3. The molecule has 1 rings (SSSR count). The molecule has 0 radical (unpaired) electrons. The minimum absolute atomic E-state index is 0.501. The fourth-order valence-corrected chi connectivity index (χ4v) is 0.619. The first-order valence-corrected chi connectivity index (χ1v) is 2.93. The van der Waals surface area contributed by atoms with Gasteiger partial charge < -0.3 is 11.5 Å². The Hall–Kier alpha value is -1.51. The third-order valence-electron chi connectivity index (χ3n) is 1.14. The van der Waals surface area contributed by atoms with Crippen molar-refractivity contribution in [2.24, 2.45) is 11.5 Å². The maximum absolute atomic E-state index is 5.47. The molecule has 0 aromatic carbocycles. The van der Waals surface area contributed by atoms with Gasteiger partial charge in [-0.05, 0) is 12.1 Å². The number of nitrogens with two attached hydrogens (primary N) is 2. The van der Waals surface area contributed by atoms with Crippen molar-refractivity contribution in [1.29, 1.82) is 0 Å². The molecule has 0 fully saturated rings. The number of hydrogen-bond acceptors (Lipinski definition) is 3. The number of hydrogen-bond donors (Lipinski definition) is 2. The maximum Gasteiger partial charge on any atom is 0.0873 e. The molecule has 0 atom stereocenters. The van der Waals surface area contributed by atoms with E-state index in [4.69, 9.17) is 11.5 Å². The molecule has 0 aliphatic rings. The number of rotatable bonds is 1. The van der Waals surface area contributed by atoms with Crippen molar-refractivity contribution in [3.8, 4) is 0 Å². The van der Waals surface area contributed by atoms with E-state index in [9.17, 15) is 0 Å². The SMILES string of the molecule is N/C=C(/N)c1ccccn1. The largest absolute Gasteiger partial charge is 0.403 e. The second-order valence-electron chi connectivity index (χ2n) is 1.84. The number of aromatic nitrogens is 1. The summed E-state index contributed by atoms with van der Waals surface area (Å²) in [6.07, 6.45) is 3.01. The average Bonchev–Trinajstić information content (AvgIpc) is 2.05. The summed E-state index contributed by atoms with van der Waals surface area (Å²) in [5.74, 6) is 0. The molecule has 1 aromatic heterocycles. The van der Waals surface area contributed by atoms with Gasteiger partial charge in [0.2, 0.25) is 0 Å². The topological polar surface area (TPSA) is 64.9 Å². The van der Waals surface area contributed by atoms with E-state index >= 15 is 0 Å². The highest BCUT2D eigenvalue weighted by Crippen LogP contribution is 2.00. The molecule has 52 valence electrons. The Morgan fingerprint density at radius 3 is 2.80 bits per heavy atom. The van der Waals surface area contributed by atoms with E-state index in [1.165, 1.54) is 6.20 Å². The summed E-state index contributed by atoms with van der Waals surface area (Å²) < 4.78 is 0. The standard InChI is InChI=1S/C7H9N3/c8-5-6(9)7-3-1-2-4-10-7/h1-5H,8-9H2/b6-5+. The second kappa shape index (κ2) is 2.87. The summed E-state index contributed by atoms with van der Waals surface area (Å²) in [6, 6.07) is 5.49. The van der Waals surface area contributed by atoms with Gasteiger partial charge in [0.15, 0.2) is 0 Å². The predicted molar refractivity (Wildman–Crippen MR) is 40.6 cm³/mol. The summed E-state index contributed by atoms with van der Waals surface area (Å²) in [6.45, 7) is 0. The molecule has 0 aliphatic heterocycles. The van der Waals surface area contributed by atoms with Gasteiger partial charge >= 0.3 is 0 Å². The van der Waals surface area contributed by atoms with Gasteiger partial charge in [-0.25, -0.2) is 0 Å². The zero-order chi connectivity index (χ0) is 7.40. The molecule has 3 heteroatoms. The van der Waals surface area contributed by atoms with Crippen LogP contribution in [-0.4, -0.2) is 4.98 Å². The van der Waals surface area contributed by atoms with E-state index in [0.29, 0.717) is 11.4 Å². The van der Waals surface area contributed by atoms with Crippen molar-refractivity contribution in [2.75, 3.05) is 0 Å². The lowest BCUT2D eigenvalue weighted by molar-refractivity contribution is 1.25. The molecule has 0 saturated carbocycles. The van der Waals surface area contributed by atoms with Crippen molar-refractivity contribution >= 4 is 5.70 Å². The van der Waals surface area contributed by atoms with Crippen LogP contribution in [0.1, 0.15) is 5.69 Å². The second-order valence-corrected chi connectivity index (χ2v) is 1.84.